The Hall–Kier alpha value is -1.37. The highest BCUT2D eigenvalue weighted by molar-refractivity contribution is 7.80. The van der Waals surface area contributed by atoms with Crippen molar-refractivity contribution in [2.75, 3.05) is 5.32 Å². The van der Waals surface area contributed by atoms with Crippen LogP contribution in [0.1, 0.15) is 24.6 Å². The molecule has 1 atom stereocenters. The molecular weight excluding hydrogens is 263 g/mol. The molecule has 0 amide bonds. The van der Waals surface area contributed by atoms with Gasteiger partial charge in [-0.05, 0) is 26.0 Å². The van der Waals surface area contributed by atoms with Crippen molar-refractivity contribution in [3.8, 4) is 0 Å². The van der Waals surface area contributed by atoms with Gasteiger partial charge in [0.05, 0.1) is 6.42 Å². The zero-order valence-electron chi connectivity index (χ0n) is 10.0. The lowest BCUT2D eigenvalue weighted by Crippen LogP contribution is -2.24. The van der Waals surface area contributed by atoms with Gasteiger partial charge in [-0.1, -0.05) is 12.2 Å². The highest BCUT2D eigenvalue weighted by Gasteiger charge is 2.30. The molecule has 0 aromatic carbocycles. The first-order valence-corrected chi connectivity index (χ1v) is 5.70. The molecule has 0 bridgehead atoms. The van der Waals surface area contributed by atoms with Crippen molar-refractivity contribution >= 4 is 23.0 Å². The molecule has 0 aliphatic rings. The average molecular weight is 277 g/mol. The Balaban J connectivity index is 2.81. The van der Waals surface area contributed by atoms with E-state index < -0.39 is 18.6 Å². The normalized spacial score (nSPS) is 13.2. The van der Waals surface area contributed by atoms with Gasteiger partial charge in [0.2, 0.25) is 0 Å². The fourth-order valence-corrected chi connectivity index (χ4v) is 1.65. The number of nitrogens with zero attached hydrogens (tertiary/aromatic N) is 1. The van der Waals surface area contributed by atoms with Gasteiger partial charge in [-0.25, -0.2) is 4.98 Å². The number of pyridine rings is 1. The molecule has 3 nitrogen and oxygen atoms in total. The van der Waals surface area contributed by atoms with Crippen LogP contribution in [-0.4, -0.2) is 22.2 Å². The third-order valence-electron chi connectivity index (χ3n) is 2.17. The standard InChI is InChI=1S/C11H14F3N3S/c1-6-3-8(10(15)18)4-9(16-6)17-7(2)5-11(12,13)14/h3-4,7H,5H2,1-2H3,(H2,15,18)(H,16,17). The van der Waals surface area contributed by atoms with E-state index in [1.54, 1.807) is 19.1 Å². The summed E-state index contributed by atoms with van der Waals surface area (Å²) >= 11 is 4.82. The maximum absolute atomic E-state index is 12.2. The van der Waals surface area contributed by atoms with Gasteiger partial charge < -0.3 is 11.1 Å². The van der Waals surface area contributed by atoms with Gasteiger partial charge in [0, 0.05) is 17.3 Å². The topological polar surface area (TPSA) is 50.9 Å². The predicted octanol–water partition coefficient (Wildman–Crippen LogP) is 2.78. The number of thiocarbonyl (C=S) groups is 1. The van der Waals surface area contributed by atoms with Crippen molar-refractivity contribution in [2.45, 2.75) is 32.5 Å². The minimum atomic E-state index is -4.21. The molecule has 0 saturated heterocycles. The quantitative estimate of drug-likeness (QED) is 0.831. The van der Waals surface area contributed by atoms with Gasteiger partial charge in [-0.15, -0.1) is 0 Å². The van der Waals surface area contributed by atoms with E-state index in [1.807, 2.05) is 0 Å². The molecule has 0 aliphatic carbocycles. The number of alkyl halides is 3. The minimum Gasteiger partial charge on any atom is -0.389 e. The molecular formula is C11H14F3N3S. The number of hydrogen-bond acceptors (Lipinski definition) is 3. The summed E-state index contributed by atoms with van der Waals surface area (Å²) in [4.78, 5) is 4.28. The maximum Gasteiger partial charge on any atom is 0.391 e. The van der Waals surface area contributed by atoms with E-state index in [9.17, 15) is 13.2 Å². The number of halogens is 3. The highest BCUT2D eigenvalue weighted by atomic mass is 32.1. The number of hydrogen-bond donors (Lipinski definition) is 2. The Bertz CT molecular complexity index is 446. The molecule has 0 spiro atoms. The average Bonchev–Trinajstić information content (AvgIpc) is 2.12. The molecule has 7 heteroatoms. The number of aryl methyl sites for hydroxylation is 1. The van der Waals surface area contributed by atoms with Crippen LogP contribution in [0.15, 0.2) is 12.1 Å². The number of nitrogens with two attached hydrogens (primary N) is 1. The fourth-order valence-electron chi connectivity index (χ4n) is 1.54. The van der Waals surface area contributed by atoms with E-state index >= 15 is 0 Å². The molecule has 0 fully saturated rings. The summed E-state index contributed by atoms with van der Waals surface area (Å²) in [5.41, 5.74) is 6.70. The van der Waals surface area contributed by atoms with Crippen molar-refractivity contribution in [2.24, 2.45) is 5.73 Å². The van der Waals surface area contributed by atoms with Crippen LogP contribution in [0.25, 0.3) is 0 Å². The molecule has 0 radical (unpaired) electrons. The fraction of sp³-hybridized carbons (Fsp3) is 0.455. The zero-order valence-corrected chi connectivity index (χ0v) is 10.8. The smallest absolute Gasteiger partial charge is 0.389 e. The van der Waals surface area contributed by atoms with Crippen molar-refractivity contribution in [1.82, 2.24) is 4.98 Å². The van der Waals surface area contributed by atoms with Crippen LogP contribution in [-0.2, 0) is 0 Å². The van der Waals surface area contributed by atoms with E-state index in [0.29, 0.717) is 17.1 Å². The minimum absolute atomic E-state index is 0.187. The summed E-state index contributed by atoms with van der Waals surface area (Å²) < 4.78 is 36.6. The molecule has 1 heterocycles. The Morgan fingerprint density at radius 1 is 1.50 bits per heavy atom. The van der Waals surface area contributed by atoms with Gasteiger partial charge in [-0.3, -0.25) is 0 Å². The third kappa shape index (κ3) is 4.87. The number of aromatic nitrogens is 1. The summed E-state index contributed by atoms with van der Waals surface area (Å²) in [6.45, 7) is 3.17. The SMILES string of the molecule is Cc1cc(C(N)=S)cc(NC(C)CC(F)(F)F)n1. The Kier molecular flexibility index (Phi) is 4.50. The third-order valence-corrected chi connectivity index (χ3v) is 2.41. The molecule has 0 aliphatic heterocycles. The summed E-state index contributed by atoms with van der Waals surface area (Å²) in [6.07, 6.45) is -5.13. The maximum atomic E-state index is 12.2. The Morgan fingerprint density at radius 3 is 2.61 bits per heavy atom. The molecule has 3 N–H and O–H groups in total. The van der Waals surface area contributed by atoms with E-state index in [2.05, 4.69) is 10.3 Å². The van der Waals surface area contributed by atoms with E-state index in [4.69, 9.17) is 18.0 Å². The highest BCUT2D eigenvalue weighted by Crippen LogP contribution is 2.23. The number of nitrogens with one attached hydrogen (secondary N) is 1. The summed E-state index contributed by atoms with van der Waals surface area (Å²) in [5, 5.41) is 2.69. The van der Waals surface area contributed by atoms with Gasteiger partial charge >= 0.3 is 6.18 Å². The second-order valence-electron chi connectivity index (χ2n) is 4.11. The van der Waals surface area contributed by atoms with Gasteiger partial charge in [0.1, 0.15) is 10.8 Å². The van der Waals surface area contributed by atoms with Crippen LogP contribution < -0.4 is 11.1 Å². The van der Waals surface area contributed by atoms with Crippen LogP contribution in [0.5, 0.6) is 0 Å². The van der Waals surface area contributed by atoms with Gasteiger partial charge in [0.15, 0.2) is 0 Å². The van der Waals surface area contributed by atoms with Crippen LogP contribution in [0.2, 0.25) is 0 Å². The monoisotopic (exact) mass is 277 g/mol. The lowest BCUT2D eigenvalue weighted by molar-refractivity contribution is -0.136. The first-order chi connectivity index (χ1) is 8.17. The second-order valence-corrected chi connectivity index (χ2v) is 4.55. The first-order valence-electron chi connectivity index (χ1n) is 5.29. The number of rotatable bonds is 4. The van der Waals surface area contributed by atoms with Crippen LogP contribution >= 0.6 is 12.2 Å². The molecule has 1 aromatic rings. The summed E-state index contributed by atoms with van der Waals surface area (Å²) in [6, 6.07) is 2.46. The van der Waals surface area contributed by atoms with E-state index in [0.717, 1.165) is 0 Å². The largest absolute Gasteiger partial charge is 0.391 e. The lowest BCUT2D eigenvalue weighted by Gasteiger charge is -2.17. The predicted molar refractivity (Wildman–Crippen MR) is 68.6 cm³/mol. The van der Waals surface area contributed by atoms with Crippen LogP contribution in [0, 0.1) is 6.92 Å². The van der Waals surface area contributed by atoms with Gasteiger partial charge in [-0.2, -0.15) is 13.2 Å². The second kappa shape index (κ2) is 5.51. The van der Waals surface area contributed by atoms with Crippen molar-refractivity contribution in [3.63, 3.8) is 0 Å². The van der Waals surface area contributed by atoms with Crippen LogP contribution in [0.4, 0.5) is 19.0 Å². The molecule has 1 aromatic heterocycles. The zero-order chi connectivity index (χ0) is 13.9. The van der Waals surface area contributed by atoms with E-state index in [-0.39, 0.29) is 4.99 Å². The molecule has 0 saturated carbocycles. The first kappa shape index (κ1) is 14.7. The molecule has 1 unspecified atom stereocenters. The van der Waals surface area contributed by atoms with Crippen molar-refractivity contribution in [1.29, 1.82) is 0 Å². The van der Waals surface area contributed by atoms with Gasteiger partial charge in [0.25, 0.3) is 0 Å². The lowest BCUT2D eigenvalue weighted by atomic mass is 10.2. The molecule has 1 rings (SSSR count). The van der Waals surface area contributed by atoms with Crippen LogP contribution in [0.3, 0.4) is 0 Å². The number of anilines is 1. The van der Waals surface area contributed by atoms with Crippen molar-refractivity contribution in [3.05, 3.63) is 23.4 Å². The molecule has 18 heavy (non-hydrogen) atoms. The summed E-state index contributed by atoms with van der Waals surface area (Å²) in [7, 11) is 0. The Morgan fingerprint density at radius 2 is 2.11 bits per heavy atom. The van der Waals surface area contributed by atoms with E-state index in [1.165, 1.54) is 6.92 Å². The van der Waals surface area contributed by atoms with Crippen molar-refractivity contribution < 1.29 is 13.2 Å². The Labute approximate surface area is 109 Å². The molecule has 100 valence electrons. The summed E-state index contributed by atoms with van der Waals surface area (Å²) in [5.74, 6) is 0.342.